The minimum Gasteiger partial charge on any atom is -0.491 e. The molecule has 1 aliphatic carbocycles. The van der Waals surface area contributed by atoms with Crippen molar-refractivity contribution in [2.45, 2.75) is 134 Å². The molecule has 1 aromatic carbocycles. The number of alkyl halides is 6. The van der Waals surface area contributed by atoms with Gasteiger partial charge in [0.25, 0.3) is 0 Å². The third-order valence-corrected chi connectivity index (χ3v) is 14.4. The first-order valence-corrected chi connectivity index (χ1v) is 19.7. The minimum atomic E-state index is -4.75. The van der Waals surface area contributed by atoms with Gasteiger partial charge < -0.3 is 22.9 Å². The van der Waals surface area contributed by atoms with E-state index in [9.17, 15) is 31.1 Å². The number of hydrogen-bond donors (Lipinski definition) is 0. The predicted molar refractivity (Wildman–Crippen MR) is 181 cm³/mol. The molecule has 5 rings (SSSR count). The highest BCUT2D eigenvalue weighted by molar-refractivity contribution is 6.74. The normalized spacial score (nSPS) is 23.6. The Labute approximate surface area is 294 Å². The number of halogens is 6. The van der Waals surface area contributed by atoms with Crippen LogP contribution in [0.25, 0.3) is 16.6 Å². The van der Waals surface area contributed by atoms with Crippen LogP contribution in [0.4, 0.5) is 31.1 Å². The number of rotatable bonds is 7. The molecule has 0 unspecified atom stereocenters. The third kappa shape index (κ3) is 8.26. The fourth-order valence-corrected chi connectivity index (χ4v) is 8.19. The second-order valence-corrected chi connectivity index (χ2v) is 21.1. The Kier molecular flexibility index (Phi) is 9.75. The lowest BCUT2D eigenvalue weighted by Crippen LogP contribution is -2.54. The van der Waals surface area contributed by atoms with Gasteiger partial charge in [-0.3, -0.25) is 4.90 Å². The molecule has 2 atom stereocenters. The van der Waals surface area contributed by atoms with E-state index in [-0.39, 0.29) is 52.4 Å². The molecule has 3 aromatic rings. The van der Waals surface area contributed by atoms with E-state index in [1.807, 2.05) is 6.92 Å². The number of carbonyl (C=O) groups is 1. The molecule has 282 valence electrons. The number of carbonyl (C=O) groups excluding carboxylic acids is 1. The van der Waals surface area contributed by atoms with Crippen LogP contribution in [-0.2, 0) is 21.5 Å². The van der Waals surface area contributed by atoms with Crippen molar-refractivity contribution in [1.29, 1.82) is 0 Å². The highest BCUT2D eigenvalue weighted by atomic mass is 28.4. The zero-order chi connectivity index (χ0) is 38.1. The number of ether oxygens (including phenoxy) is 2. The molecule has 2 aliphatic rings. The van der Waals surface area contributed by atoms with E-state index in [2.05, 4.69) is 43.8 Å². The van der Waals surface area contributed by atoms with Gasteiger partial charge in [0, 0.05) is 23.7 Å². The lowest BCUT2D eigenvalue weighted by Gasteiger charge is -2.52. The van der Waals surface area contributed by atoms with Crippen molar-refractivity contribution < 1.29 is 49.5 Å². The molecule has 9 nitrogen and oxygen atoms in total. The quantitative estimate of drug-likeness (QED) is 0.176. The highest BCUT2D eigenvalue weighted by Crippen LogP contribution is 2.51. The standard InChI is InChI=1S/C35H46F6N4O5Si/c1-20-11-21(29-43-27(18-48-29)35(39,40)41)12-22(45(20)30(46)49-31(2,3)4)17-47-24-13-25(34(36,37)38)28-26(14-24)42-19-44(28)23-15-33(8,16-23)50-51(9,10)32(5,6)7/h12-14,18-20,22-23H,11,15-17H2,1-10H3/t20-,22-,23?,33?/m0/s1. The summed E-state index contributed by atoms with van der Waals surface area (Å²) in [6.45, 7) is 19.1. The average molecular weight is 745 g/mol. The van der Waals surface area contributed by atoms with Gasteiger partial charge >= 0.3 is 18.4 Å². The van der Waals surface area contributed by atoms with E-state index < -0.39 is 61.3 Å². The Morgan fingerprint density at radius 2 is 1.69 bits per heavy atom. The molecule has 1 fully saturated rings. The Bertz CT molecular complexity index is 1790. The molecule has 16 heteroatoms. The van der Waals surface area contributed by atoms with Crippen LogP contribution in [0.3, 0.4) is 0 Å². The molecular weight excluding hydrogens is 698 g/mol. The largest absolute Gasteiger partial charge is 0.491 e. The molecule has 1 saturated carbocycles. The van der Waals surface area contributed by atoms with Crippen LogP contribution in [0, 0.1) is 0 Å². The van der Waals surface area contributed by atoms with Crippen LogP contribution < -0.4 is 4.74 Å². The highest BCUT2D eigenvalue weighted by Gasteiger charge is 2.50. The smallest absolute Gasteiger partial charge is 0.436 e. The maximum atomic E-state index is 14.7. The lowest BCUT2D eigenvalue weighted by atomic mass is 9.77. The van der Waals surface area contributed by atoms with Gasteiger partial charge in [0.1, 0.15) is 24.2 Å². The van der Waals surface area contributed by atoms with Gasteiger partial charge in [-0.1, -0.05) is 20.8 Å². The van der Waals surface area contributed by atoms with Gasteiger partial charge in [0.2, 0.25) is 5.89 Å². The Morgan fingerprint density at radius 1 is 1.04 bits per heavy atom. The topological polar surface area (TPSA) is 91.9 Å². The number of nitrogens with zero attached hydrogens (tertiary/aromatic N) is 4. The van der Waals surface area contributed by atoms with Crippen LogP contribution in [-0.4, -0.2) is 63.7 Å². The van der Waals surface area contributed by atoms with Gasteiger partial charge in [-0.25, -0.2) is 14.8 Å². The second-order valence-electron chi connectivity index (χ2n) is 16.4. The summed E-state index contributed by atoms with van der Waals surface area (Å²) >= 11 is 0. The Morgan fingerprint density at radius 3 is 2.24 bits per heavy atom. The molecule has 51 heavy (non-hydrogen) atoms. The van der Waals surface area contributed by atoms with Gasteiger partial charge in [0.15, 0.2) is 14.0 Å². The number of benzene rings is 1. The predicted octanol–water partition coefficient (Wildman–Crippen LogP) is 10.0. The summed E-state index contributed by atoms with van der Waals surface area (Å²) in [5, 5.41) is -0.0219. The summed E-state index contributed by atoms with van der Waals surface area (Å²) in [7, 11) is -2.12. The SMILES string of the molecule is C[C@H]1CC(c2nc(C(F)(F)F)co2)=C[C@@H](COc2cc(C(F)(F)F)c3c(c2)ncn3C2CC(C)(O[Si](C)(C)C(C)(C)C)C2)N1C(=O)OC(C)(C)C. The Balaban J connectivity index is 1.44. The van der Waals surface area contributed by atoms with Gasteiger partial charge in [-0.05, 0) is 84.2 Å². The van der Waals surface area contributed by atoms with Crippen LogP contribution in [0.1, 0.15) is 97.8 Å². The summed E-state index contributed by atoms with van der Waals surface area (Å²) in [6, 6.07) is 0.482. The van der Waals surface area contributed by atoms with Crippen LogP contribution in [0.5, 0.6) is 5.75 Å². The van der Waals surface area contributed by atoms with E-state index in [1.165, 1.54) is 23.4 Å². The number of oxazole rings is 1. The van der Waals surface area contributed by atoms with Crippen molar-refractivity contribution in [2.75, 3.05) is 6.61 Å². The fraction of sp³-hybridized carbons (Fsp3) is 0.629. The van der Waals surface area contributed by atoms with Crippen molar-refractivity contribution >= 4 is 31.0 Å². The van der Waals surface area contributed by atoms with Crippen LogP contribution in [0.2, 0.25) is 18.1 Å². The van der Waals surface area contributed by atoms with E-state index in [0.717, 1.165) is 6.07 Å². The summed E-state index contributed by atoms with van der Waals surface area (Å²) < 4.78 is 109. The molecule has 1 aliphatic heterocycles. The first kappa shape index (κ1) is 38.7. The average Bonchev–Trinajstić information content (AvgIpc) is 3.60. The second kappa shape index (κ2) is 12.8. The summed E-state index contributed by atoms with van der Waals surface area (Å²) in [5.74, 6) is -0.427. The molecule has 0 bridgehead atoms. The zero-order valence-corrected chi connectivity index (χ0v) is 31.5. The lowest BCUT2D eigenvalue weighted by molar-refractivity contribution is -0.141. The molecule has 0 N–H and O–H groups in total. The molecule has 0 saturated heterocycles. The molecule has 1 amide bonds. The number of amides is 1. The molecular formula is C35H46F6N4O5Si. The van der Waals surface area contributed by atoms with Crippen LogP contribution in [0.15, 0.2) is 35.2 Å². The maximum Gasteiger partial charge on any atom is 0.436 e. The van der Waals surface area contributed by atoms with Crippen LogP contribution >= 0.6 is 0 Å². The molecule has 0 radical (unpaired) electrons. The molecule has 3 heterocycles. The summed E-state index contributed by atoms with van der Waals surface area (Å²) in [4.78, 5) is 22.6. The van der Waals surface area contributed by atoms with E-state index in [0.29, 0.717) is 19.1 Å². The molecule has 0 spiro atoms. The van der Waals surface area contributed by atoms with Crippen molar-refractivity contribution in [3.8, 4) is 5.75 Å². The summed E-state index contributed by atoms with van der Waals surface area (Å²) in [5.41, 5.74) is -3.19. The van der Waals surface area contributed by atoms with Gasteiger partial charge in [-0.15, -0.1) is 0 Å². The van der Waals surface area contributed by atoms with E-state index in [1.54, 1.807) is 32.3 Å². The van der Waals surface area contributed by atoms with Crippen molar-refractivity contribution in [1.82, 2.24) is 19.4 Å². The van der Waals surface area contributed by atoms with Crippen molar-refractivity contribution in [3.63, 3.8) is 0 Å². The van der Waals surface area contributed by atoms with Crippen molar-refractivity contribution in [3.05, 3.63) is 47.9 Å². The fourth-order valence-electron chi connectivity index (χ4n) is 6.48. The zero-order valence-electron chi connectivity index (χ0n) is 30.5. The van der Waals surface area contributed by atoms with Gasteiger partial charge in [0.05, 0.1) is 34.6 Å². The number of aromatic nitrogens is 3. The third-order valence-electron chi connectivity index (χ3n) is 9.82. The van der Waals surface area contributed by atoms with Crippen molar-refractivity contribution in [2.24, 2.45) is 0 Å². The Hall–Kier alpha value is -3.53. The number of imidazole rings is 1. The van der Waals surface area contributed by atoms with Gasteiger partial charge in [-0.2, -0.15) is 26.3 Å². The number of hydrogen-bond acceptors (Lipinski definition) is 7. The van der Waals surface area contributed by atoms with E-state index >= 15 is 0 Å². The summed E-state index contributed by atoms with van der Waals surface area (Å²) in [6.07, 6.45) is -5.68. The first-order valence-electron chi connectivity index (χ1n) is 16.8. The minimum absolute atomic E-state index is 0.0219. The first-order chi connectivity index (χ1) is 23.2. The van der Waals surface area contributed by atoms with E-state index in [4.69, 9.17) is 18.3 Å². The monoisotopic (exact) mass is 744 g/mol. The number of fused-ring (bicyclic) bond motifs is 1. The maximum absolute atomic E-state index is 14.7. The molecule has 2 aromatic heterocycles.